The predicted molar refractivity (Wildman–Crippen MR) is 88.5 cm³/mol. The number of rotatable bonds is 6. The maximum atomic E-state index is 8.58. The van der Waals surface area contributed by atoms with E-state index < -0.39 is 23.2 Å². The predicted octanol–water partition coefficient (Wildman–Crippen LogP) is 4.09. The monoisotopic (exact) mass is 328 g/mol. The molecule has 0 aromatic carbocycles. The molecule has 0 saturated carbocycles. The van der Waals surface area contributed by atoms with Crippen LogP contribution < -0.4 is 0 Å². The summed E-state index contributed by atoms with van der Waals surface area (Å²) in [5.74, 6) is 0. The molecular formula is C16H24N8. The Bertz CT molecular complexity index is 538. The Hall–Kier alpha value is -2.84. The van der Waals surface area contributed by atoms with Gasteiger partial charge >= 0.3 is 0 Å². The van der Waals surface area contributed by atoms with Gasteiger partial charge in [0.1, 0.15) is 0 Å². The normalized spacial score (nSPS) is 13.8. The highest BCUT2D eigenvalue weighted by molar-refractivity contribution is 5.03. The number of hydrogen-bond donors (Lipinski definition) is 0. The summed E-state index contributed by atoms with van der Waals surface area (Å²) in [6, 6.07) is 7.12. The maximum absolute atomic E-state index is 8.58. The Morgan fingerprint density at radius 2 is 1.00 bits per heavy atom. The second-order valence-corrected chi connectivity index (χ2v) is 5.88. The molecule has 0 N–H and O–H groups in total. The van der Waals surface area contributed by atoms with Gasteiger partial charge in [-0.2, -0.15) is 41.5 Å². The highest BCUT2D eigenvalue weighted by Crippen LogP contribution is 2.13. The minimum absolute atomic E-state index is 0.396. The van der Waals surface area contributed by atoms with Gasteiger partial charge in [-0.05, 0) is 40.5 Å². The first kappa shape index (κ1) is 23.4. The van der Waals surface area contributed by atoms with E-state index in [0.717, 1.165) is 0 Å². The summed E-state index contributed by atoms with van der Waals surface area (Å²) in [5, 5.41) is 49.2. The first-order valence-electron chi connectivity index (χ1n) is 7.57. The van der Waals surface area contributed by atoms with Gasteiger partial charge in [0.05, 0.1) is 24.3 Å². The third kappa shape index (κ3) is 11.8. The third-order valence-corrected chi connectivity index (χ3v) is 2.51. The summed E-state index contributed by atoms with van der Waals surface area (Å²) < 4.78 is 0. The van der Waals surface area contributed by atoms with Crippen LogP contribution in [0.15, 0.2) is 20.5 Å². The van der Waals surface area contributed by atoms with Crippen molar-refractivity contribution in [2.45, 2.75) is 77.5 Å². The van der Waals surface area contributed by atoms with Gasteiger partial charge in [0.15, 0.2) is 23.2 Å². The van der Waals surface area contributed by atoms with E-state index in [0.29, 0.717) is 12.8 Å². The molecule has 2 unspecified atom stereocenters. The molecule has 0 aromatic rings. The number of nitriles is 4. The first-order valence-corrected chi connectivity index (χ1v) is 7.57. The highest BCUT2D eigenvalue weighted by atomic mass is 15.2. The SMILES string of the molecule is CC(C)(C#N)N=NC(C)(C)C#N.CCC(C#N)N=NC(C#N)CC. The van der Waals surface area contributed by atoms with Gasteiger partial charge in [-0.15, -0.1) is 0 Å². The van der Waals surface area contributed by atoms with Crippen LogP contribution in [0.3, 0.4) is 0 Å². The summed E-state index contributed by atoms with van der Waals surface area (Å²) in [5.41, 5.74) is -1.68. The fraction of sp³-hybridized carbons (Fsp3) is 0.750. The molecule has 8 nitrogen and oxygen atoms in total. The topological polar surface area (TPSA) is 145 Å². The van der Waals surface area contributed by atoms with Crippen molar-refractivity contribution in [3.63, 3.8) is 0 Å². The molecule has 0 saturated heterocycles. The van der Waals surface area contributed by atoms with Crippen LogP contribution in [0.25, 0.3) is 0 Å². The summed E-state index contributed by atoms with van der Waals surface area (Å²) >= 11 is 0. The Kier molecular flexibility index (Phi) is 11.4. The van der Waals surface area contributed by atoms with Crippen molar-refractivity contribution in [3.05, 3.63) is 0 Å². The second kappa shape index (κ2) is 11.7. The average Bonchev–Trinajstić information content (AvgIpc) is 2.58. The molecule has 2 atom stereocenters. The van der Waals surface area contributed by atoms with Crippen molar-refractivity contribution in [2.75, 3.05) is 0 Å². The van der Waals surface area contributed by atoms with Gasteiger partial charge in [0.25, 0.3) is 0 Å². The molecular weight excluding hydrogens is 304 g/mol. The number of hydrogen-bond acceptors (Lipinski definition) is 8. The lowest BCUT2D eigenvalue weighted by molar-refractivity contribution is 0.541. The van der Waals surface area contributed by atoms with Crippen LogP contribution in [-0.2, 0) is 0 Å². The molecule has 0 aromatic heterocycles. The zero-order valence-electron chi connectivity index (χ0n) is 15.1. The van der Waals surface area contributed by atoms with Crippen LogP contribution >= 0.6 is 0 Å². The zero-order valence-corrected chi connectivity index (χ0v) is 15.1. The standard InChI is InChI=1S/2C8H12N4/c1-7(2,5-9)11-12-8(3,4)6-10;1-3-7(5-9)11-12-8(4-2)6-10/h1-4H3;7-8H,3-4H2,1-2H3. The van der Waals surface area contributed by atoms with E-state index in [-0.39, 0.29) is 0 Å². The lowest BCUT2D eigenvalue weighted by Gasteiger charge is -2.11. The summed E-state index contributed by atoms with van der Waals surface area (Å²) in [4.78, 5) is 0. The molecule has 0 amide bonds. The Balaban J connectivity index is 0. The summed E-state index contributed by atoms with van der Waals surface area (Å²) in [6.45, 7) is 10.3. The molecule has 0 heterocycles. The number of azo groups is 2. The van der Waals surface area contributed by atoms with E-state index in [4.69, 9.17) is 21.0 Å². The Labute approximate surface area is 144 Å². The molecule has 0 bridgehead atoms. The largest absolute Gasteiger partial charge is 0.196 e. The van der Waals surface area contributed by atoms with E-state index in [1.54, 1.807) is 27.7 Å². The fourth-order valence-electron chi connectivity index (χ4n) is 0.853. The van der Waals surface area contributed by atoms with E-state index in [1.165, 1.54) is 0 Å². The molecule has 24 heavy (non-hydrogen) atoms. The molecule has 8 heteroatoms. The van der Waals surface area contributed by atoms with Crippen LogP contribution in [0.1, 0.15) is 54.4 Å². The molecule has 0 spiro atoms. The van der Waals surface area contributed by atoms with Crippen molar-refractivity contribution in [1.82, 2.24) is 0 Å². The quantitative estimate of drug-likeness (QED) is 0.676. The van der Waals surface area contributed by atoms with Crippen LogP contribution in [0.2, 0.25) is 0 Å². The van der Waals surface area contributed by atoms with Gasteiger partial charge in [-0.3, -0.25) is 0 Å². The van der Waals surface area contributed by atoms with Crippen molar-refractivity contribution >= 4 is 0 Å². The van der Waals surface area contributed by atoms with Gasteiger partial charge in [0.2, 0.25) is 0 Å². The van der Waals surface area contributed by atoms with Gasteiger partial charge in [0, 0.05) is 0 Å². The zero-order chi connectivity index (χ0) is 19.2. The molecule has 0 radical (unpaired) electrons. The summed E-state index contributed by atoms with van der Waals surface area (Å²) in [7, 11) is 0. The van der Waals surface area contributed by atoms with E-state index in [2.05, 4.69) is 20.5 Å². The van der Waals surface area contributed by atoms with E-state index in [1.807, 2.05) is 38.1 Å². The molecule has 0 aliphatic carbocycles. The van der Waals surface area contributed by atoms with Crippen molar-refractivity contribution in [3.8, 4) is 24.3 Å². The van der Waals surface area contributed by atoms with Crippen LogP contribution in [0, 0.1) is 45.3 Å². The molecule has 0 aliphatic heterocycles. The molecule has 0 aliphatic rings. The average molecular weight is 328 g/mol. The van der Waals surface area contributed by atoms with Gasteiger partial charge in [-0.25, -0.2) is 0 Å². The fourth-order valence-corrected chi connectivity index (χ4v) is 0.853. The molecule has 0 fully saturated rings. The third-order valence-electron chi connectivity index (χ3n) is 2.51. The van der Waals surface area contributed by atoms with Crippen LogP contribution in [0.4, 0.5) is 0 Å². The lowest BCUT2D eigenvalue weighted by atomic mass is 10.1. The van der Waals surface area contributed by atoms with Crippen molar-refractivity contribution < 1.29 is 0 Å². The van der Waals surface area contributed by atoms with Gasteiger partial charge in [-0.1, -0.05) is 13.8 Å². The van der Waals surface area contributed by atoms with Crippen molar-refractivity contribution in [1.29, 1.82) is 21.0 Å². The highest BCUT2D eigenvalue weighted by Gasteiger charge is 2.19. The molecule has 128 valence electrons. The number of nitrogens with zero attached hydrogens (tertiary/aromatic N) is 8. The van der Waals surface area contributed by atoms with E-state index in [9.17, 15) is 0 Å². The Morgan fingerprint density at radius 3 is 1.17 bits per heavy atom. The first-order chi connectivity index (χ1) is 11.1. The molecule has 0 rings (SSSR count). The van der Waals surface area contributed by atoms with E-state index >= 15 is 0 Å². The summed E-state index contributed by atoms with van der Waals surface area (Å²) in [6.07, 6.45) is 1.28. The lowest BCUT2D eigenvalue weighted by Crippen LogP contribution is -2.17. The van der Waals surface area contributed by atoms with Gasteiger partial charge < -0.3 is 0 Å². The minimum Gasteiger partial charge on any atom is -0.196 e. The Morgan fingerprint density at radius 1 is 0.708 bits per heavy atom. The minimum atomic E-state index is -0.839. The maximum Gasteiger partial charge on any atom is 0.162 e. The smallest absolute Gasteiger partial charge is 0.162 e. The second-order valence-electron chi connectivity index (χ2n) is 5.88. The van der Waals surface area contributed by atoms with Crippen LogP contribution in [-0.4, -0.2) is 23.2 Å². The van der Waals surface area contributed by atoms with Crippen LogP contribution in [0.5, 0.6) is 0 Å². The van der Waals surface area contributed by atoms with Crippen molar-refractivity contribution in [2.24, 2.45) is 20.5 Å².